The lowest BCUT2D eigenvalue weighted by Crippen LogP contribution is -2.40. The van der Waals surface area contributed by atoms with Gasteiger partial charge < -0.3 is 8.84 Å². The van der Waals surface area contributed by atoms with E-state index < -0.39 is 8.32 Å². The molecule has 0 spiro atoms. The molecule has 16 heavy (non-hydrogen) atoms. The standard InChI is InChI=1S/C11H19NO3Si/c1-11(2,3)16(4,5)15-8-10-12-9(6-13)7-14-10/h6-7H,8H2,1-5H3. The molecule has 0 saturated carbocycles. The summed E-state index contributed by atoms with van der Waals surface area (Å²) in [7, 11) is -1.78. The average molecular weight is 241 g/mol. The summed E-state index contributed by atoms with van der Waals surface area (Å²) in [5.74, 6) is 0.465. The summed E-state index contributed by atoms with van der Waals surface area (Å²) in [4.78, 5) is 14.4. The van der Waals surface area contributed by atoms with Crippen LogP contribution in [0, 0.1) is 0 Å². The van der Waals surface area contributed by atoms with Crippen molar-refractivity contribution >= 4 is 14.6 Å². The molecule has 0 atom stereocenters. The van der Waals surface area contributed by atoms with Gasteiger partial charge in [0.1, 0.15) is 18.6 Å². The van der Waals surface area contributed by atoms with Gasteiger partial charge in [0.05, 0.1) is 0 Å². The Kier molecular flexibility index (Phi) is 3.70. The second-order valence-corrected chi connectivity index (χ2v) is 10.1. The first-order chi connectivity index (χ1) is 7.26. The zero-order valence-corrected chi connectivity index (χ0v) is 11.5. The molecule has 0 saturated heterocycles. The highest BCUT2D eigenvalue weighted by atomic mass is 28.4. The van der Waals surface area contributed by atoms with E-state index in [1.165, 1.54) is 6.26 Å². The Bertz CT molecular complexity index is 366. The number of rotatable bonds is 4. The van der Waals surface area contributed by atoms with Crippen LogP contribution in [-0.2, 0) is 11.0 Å². The van der Waals surface area contributed by atoms with Crippen molar-refractivity contribution in [3.05, 3.63) is 17.8 Å². The van der Waals surface area contributed by atoms with Crippen LogP contribution in [0.2, 0.25) is 18.1 Å². The first-order valence-electron chi connectivity index (χ1n) is 5.30. The summed E-state index contributed by atoms with van der Waals surface area (Å²) < 4.78 is 11.0. The van der Waals surface area contributed by atoms with E-state index in [1.807, 2.05) is 0 Å². The number of aldehydes is 1. The zero-order valence-electron chi connectivity index (χ0n) is 10.5. The van der Waals surface area contributed by atoms with Crippen LogP contribution >= 0.6 is 0 Å². The molecule has 0 aromatic carbocycles. The van der Waals surface area contributed by atoms with Crippen LogP contribution in [0.25, 0.3) is 0 Å². The molecule has 1 aromatic heterocycles. The highest BCUT2D eigenvalue weighted by Gasteiger charge is 2.37. The molecule has 0 fully saturated rings. The maximum atomic E-state index is 10.4. The number of hydrogen-bond acceptors (Lipinski definition) is 4. The molecule has 1 aromatic rings. The summed E-state index contributed by atoms with van der Waals surface area (Å²) in [5.41, 5.74) is 0.314. The molecule has 0 unspecified atom stereocenters. The number of carbonyl (C=O) groups excluding carboxylic acids is 1. The summed E-state index contributed by atoms with van der Waals surface area (Å²) in [5, 5.41) is 0.160. The Labute approximate surface area is 97.1 Å². The fourth-order valence-corrected chi connectivity index (χ4v) is 1.82. The van der Waals surface area contributed by atoms with E-state index in [9.17, 15) is 4.79 Å². The van der Waals surface area contributed by atoms with Gasteiger partial charge in [0.25, 0.3) is 0 Å². The Balaban J connectivity index is 2.61. The summed E-state index contributed by atoms with van der Waals surface area (Å²) >= 11 is 0. The van der Waals surface area contributed by atoms with E-state index in [2.05, 4.69) is 38.8 Å². The lowest BCUT2D eigenvalue weighted by atomic mass is 10.2. The third kappa shape index (κ3) is 3.02. The highest BCUT2D eigenvalue weighted by molar-refractivity contribution is 6.74. The van der Waals surface area contributed by atoms with Crippen molar-refractivity contribution in [3.63, 3.8) is 0 Å². The van der Waals surface area contributed by atoms with Crippen molar-refractivity contribution in [2.75, 3.05) is 0 Å². The van der Waals surface area contributed by atoms with Gasteiger partial charge in [-0.2, -0.15) is 0 Å². The number of carbonyl (C=O) groups is 1. The van der Waals surface area contributed by atoms with Gasteiger partial charge in [-0.3, -0.25) is 4.79 Å². The van der Waals surface area contributed by atoms with Crippen molar-refractivity contribution in [2.45, 2.75) is 45.5 Å². The van der Waals surface area contributed by atoms with Gasteiger partial charge in [-0.05, 0) is 18.1 Å². The quantitative estimate of drug-likeness (QED) is 0.600. The van der Waals surface area contributed by atoms with Crippen LogP contribution in [0.3, 0.4) is 0 Å². The van der Waals surface area contributed by atoms with Gasteiger partial charge in [-0.15, -0.1) is 0 Å². The molecule has 0 bridgehead atoms. The largest absolute Gasteiger partial charge is 0.446 e. The minimum absolute atomic E-state index is 0.160. The minimum atomic E-state index is -1.78. The van der Waals surface area contributed by atoms with Crippen molar-refractivity contribution in [1.29, 1.82) is 0 Å². The van der Waals surface area contributed by atoms with Crippen molar-refractivity contribution in [1.82, 2.24) is 4.98 Å². The minimum Gasteiger partial charge on any atom is -0.446 e. The molecule has 0 aliphatic heterocycles. The SMILES string of the molecule is CC(C)(C)[Si](C)(C)OCc1nc(C=O)co1. The van der Waals surface area contributed by atoms with E-state index >= 15 is 0 Å². The lowest BCUT2D eigenvalue weighted by Gasteiger charge is -2.35. The smallest absolute Gasteiger partial charge is 0.219 e. The van der Waals surface area contributed by atoms with Crippen molar-refractivity contribution in [2.24, 2.45) is 0 Å². The van der Waals surface area contributed by atoms with Crippen LogP contribution in [0.5, 0.6) is 0 Å². The average Bonchev–Trinajstić information content (AvgIpc) is 2.60. The normalized spacial score (nSPS) is 12.8. The van der Waals surface area contributed by atoms with Gasteiger partial charge in [0.2, 0.25) is 5.89 Å². The summed E-state index contributed by atoms with van der Waals surface area (Å²) in [6.45, 7) is 11.2. The van der Waals surface area contributed by atoms with Crippen LogP contribution in [0.15, 0.2) is 10.7 Å². The monoisotopic (exact) mass is 241 g/mol. The third-order valence-corrected chi connectivity index (χ3v) is 7.53. The number of aromatic nitrogens is 1. The molecule has 90 valence electrons. The molecule has 4 nitrogen and oxygen atoms in total. The molecule has 0 N–H and O–H groups in total. The summed E-state index contributed by atoms with van der Waals surface area (Å²) in [6, 6.07) is 0. The molecule has 0 radical (unpaired) electrons. The third-order valence-electron chi connectivity index (χ3n) is 3.05. The molecule has 1 heterocycles. The molecule has 0 aliphatic rings. The number of hydrogen-bond donors (Lipinski definition) is 0. The fourth-order valence-electron chi connectivity index (χ4n) is 0.904. The van der Waals surface area contributed by atoms with Gasteiger partial charge in [-0.1, -0.05) is 20.8 Å². The van der Waals surface area contributed by atoms with Crippen molar-refractivity contribution < 1.29 is 13.6 Å². The summed E-state index contributed by atoms with van der Waals surface area (Å²) in [6.07, 6.45) is 2.01. The van der Waals surface area contributed by atoms with Crippen LogP contribution in [0.1, 0.15) is 37.2 Å². The van der Waals surface area contributed by atoms with Gasteiger partial charge in [0, 0.05) is 0 Å². The predicted octanol–water partition coefficient (Wildman–Crippen LogP) is 3.01. The van der Waals surface area contributed by atoms with E-state index in [-0.39, 0.29) is 5.04 Å². The van der Waals surface area contributed by atoms with Gasteiger partial charge >= 0.3 is 0 Å². The number of nitrogens with zero attached hydrogens (tertiary/aromatic N) is 1. The lowest BCUT2D eigenvalue weighted by molar-refractivity contribution is 0.111. The molecular weight excluding hydrogens is 222 g/mol. The molecule has 0 aliphatic carbocycles. The molecule has 0 amide bonds. The number of oxazole rings is 1. The Morgan fingerprint density at radius 2 is 2.12 bits per heavy atom. The van der Waals surface area contributed by atoms with E-state index in [0.717, 1.165) is 0 Å². The Morgan fingerprint density at radius 1 is 1.50 bits per heavy atom. The second-order valence-electron chi connectivity index (χ2n) is 5.33. The van der Waals surface area contributed by atoms with Crippen LogP contribution < -0.4 is 0 Å². The van der Waals surface area contributed by atoms with Gasteiger partial charge in [-0.25, -0.2) is 4.98 Å². The second kappa shape index (κ2) is 4.51. The van der Waals surface area contributed by atoms with Crippen LogP contribution in [0.4, 0.5) is 0 Å². The van der Waals surface area contributed by atoms with E-state index in [0.29, 0.717) is 24.5 Å². The van der Waals surface area contributed by atoms with Crippen molar-refractivity contribution in [3.8, 4) is 0 Å². The maximum Gasteiger partial charge on any atom is 0.219 e. The van der Waals surface area contributed by atoms with Gasteiger partial charge in [0.15, 0.2) is 14.6 Å². The Morgan fingerprint density at radius 3 is 2.56 bits per heavy atom. The van der Waals surface area contributed by atoms with E-state index in [4.69, 9.17) is 8.84 Å². The fraction of sp³-hybridized carbons (Fsp3) is 0.636. The topological polar surface area (TPSA) is 52.3 Å². The molecular formula is C11H19NO3Si. The first kappa shape index (κ1) is 13.1. The highest BCUT2D eigenvalue weighted by Crippen LogP contribution is 2.36. The Hall–Kier alpha value is -0.943. The predicted molar refractivity (Wildman–Crippen MR) is 63.9 cm³/mol. The zero-order chi connectivity index (χ0) is 12.4. The maximum absolute atomic E-state index is 10.4. The van der Waals surface area contributed by atoms with Crippen LogP contribution in [-0.4, -0.2) is 19.6 Å². The first-order valence-corrected chi connectivity index (χ1v) is 8.20. The molecule has 1 rings (SSSR count). The molecule has 5 heteroatoms. The van der Waals surface area contributed by atoms with E-state index in [1.54, 1.807) is 0 Å².